The number of carbonyl (C=O) groups excluding carboxylic acids is 1. The van der Waals surface area contributed by atoms with Gasteiger partial charge in [0.05, 0.1) is 4.92 Å². The fourth-order valence-corrected chi connectivity index (χ4v) is 1.84. The average Bonchev–Trinajstić information content (AvgIpc) is 2.35. The lowest BCUT2D eigenvalue weighted by molar-refractivity contribution is -0.385. The van der Waals surface area contributed by atoms with Crippen molar-refractivity contribution in [1.29, 1.82) is 0 Å². The van der Waals surface area contributed by atoms with E-state index in [0.29, 0.717) is 22.5 Å². The lowest BCUT2D eigenvalue weighted by Crippen LogP contribution is -2.28. The molecule has 5 nitrogen and oxygen atoms in total. The minimum Gasteiger partial charge on any atom is -0.342 e. The van der Waals surface area contributed by atoms with Gasteiger partial charge in [-0.3, -0.25) is 14.9 Å². The number of halogens is 1. The molecule has 1 unspecified atom stereocenters. The van der Waals surface area contributed by atoms with Crippen LogP contribution in [-0.4, -0.2) is 34.2 Å². The molecule has 0 heterocycles. The van der Waals surface area contributed by atoms with E-state index in [4.69, 9.17) is 0 Å². The van der Waals surface area contributed by atoms with Crippen molar-refractivity contribution in [3.8, 4) is 0 Å². The predicted molar refractivity (Wildman–Crippen MR) is 77.8 cm³/mol. The van der Waals surface area contributed by atoms with Crippen LogP contribution in [0.1, 0.15) is 29.3 Å². The first-order valence-corrected chi connectivity index (χ1v) is 6.89. The standard InChI is InChI=1S/C13H17BrN2O3/c1-9-4-5-11(8-12(9)16(18)19)13(17)15(3)7-6-10(2)14/h4-5,8,10H,6-7H2,1-3H3. The summed E-state index contributed by atoms with van der Waals surface area (Å²) < 4.78 is 0. The van der Waals surface area contributed by atoms with Gasteiger partial charge in [-0.05, 0) is 19.4 Å². The number of hydrogen-bond acceptors (Lipinski definition) is 3. The lowest BCUT2D eigenvalue weighted by atomic mass is 10.1. The van der Waals surface area contributed by atoms with Gasteiger partial charge in [0.1, 0.15) is 0 Å². The van der Waals surface area contributed by atoms with Gasteiger partial charge in [-0.15, -0.1) is 0 Å². The van der Waals surface area contributed by atoms with E-state index in [0.717, 1.165) is 6.42 Å². The Kier molecular flexibility index (Phi) is 5.47. The van der Waals surface area contributed by atoms with E-state index in [9.17, 15) is 14.9 Å². The largest absolute Gasteiger partial charge is 0.342 e. The zero-order valence-corrected chi connectivity index (χ0v) is 12.8. The third kappa shape index (κ3) is 4.31. The summed E-state index contributed by atoms with van der Waals surface area (Å²) in [4.78, 5) is 24.4. The SMILES string of the molecule is Cc1ccc(C(=O)N(C)CCC(C)Br)cc1[N+](=O)[O-]. The molecule has 1 aromatic carbocycles. The second-order valence-electron chi connectivity index (χ2n) is 4.55. The highest BCUT2D eigenvalue weighted by Gasteiger charge is 2.17. The first kappa shape index (κ1) is 15.6. The number of rotatable bonds is 5. The Morgan fingerprint density at radius 3 is 2.68 bits per heavy atom. The summed E-state index contributed by atoms with van der Waals surface area (Å²) in [7, 11) is 1.70. The Morgan fingerprint density at radius 2 is 2.16 bits per heavy atom. The minimum atomic E-state index is -0.466. The molecule has 0 fully saturated rings. The monoisotopic (exact) mass is 328 g/mol. The van der Waals surface area contributed by atoms with Gasteiger partial charge in [0, 0.05) is 35.6 Å². The summed E-state index contributed by atoms with van der Waals surface area (Å²) in [6.45, 7) is 4.27. The maximum absolute atomic E-state index is 12.1. The first-order chi connectivity index (χ1) is 8.82. The molecule has 1 aromatic rings. The second-order valence-corrected chi connectivity index (χ2v) is 6.12. The third-order valence-electron chi connectivity index (χ3n) is 2.86. The Bertz CT molecular complexity index is 489. The lowest BCUT2D eigenvalue weighted by Gasteiger charge is -2.18. The molecule has 0 radical (unpaired) electrons. The molecule has 0 N–H and O–H groups in total. The summed E-state index contributed by atoms with van der Waals surface area (Å²) >= 11 is 3.42. The van der Waals surface area contributed by atoms with Crippen LogP contribution < -0.4 is 0 Å². The molecule has 0 saturated heterocycles. The fraction of sp³-hybridized carbons (Fsp3) is 0.462. The highest BCUT2D eigenvalue weighted by Crippen LogP contribution is 2.20. The fourth-order valence-electron chi connectivity index (χ4n) is 1.63. The molecule has 1 amide bonds. The van der Waals surface area contributed by atoms with Gasteiger partial charge in [-0.25, -0.2) is 0 Å². The van der Waals surface area contributed by atoms with E-state index in [2.05, 4.69) is 15.9 Å². The summed E-state index contributed by atoms with van der Waals surface area (Å²) in [6.07, 6.45) is 0.830. The van der Waals surface area contributed by atoms with Gasteiger partial charge < -0.3 is 4.90 Å². The Balaban J connectivity index is 2.88. The number of hydrogen-bond donors (Lipinski definition) is 0. The van der Waals surface area contributed by atoms with Crippen LogP contribution in [-0.2, 0) is 0 Å². The molecule has 19 heavy (non-hydrogen) atoms. The smallest absolute Gasteiger partial charge is 0.273 e. The molecule has 6 heteroatoms. The van der Waals surface area contributed by atoms with Crippen molar-refractivity contribution in [2.45, 2.75) is 25.1 Å². The number of amides is 1. The quantitative estimate of drug-likeness (QED) is 0.474. The van der Waals surface area contributed by atoms with Gasteiger partial charge in [-0.2, -0.15) is 0 Å². The van der Waals surface area contributed by atoms with Crippen LogP contribution in [0.5, 0.6) is 0 Å². The van der Waals surface area contributed by atoms with Gasteiger partial charge >= 0.3 is 0 Å². The molecule has 0 aliphatic heterocycles. The molecule has 104 valence electrons. The zero-order valence-electron chi connectivity index (χ0n) is 11.2. The van der Waals surface area contributed by atoms with Crippen molar-refractivity contribution >= 4 is 27.5 Å². The Morgan fingerprint density at radius 1 is 1.53 bits per heavy atom. The third-order valence-corrected chi connectivity index (χ3v) is 3.32. The van der Waals surface area contributed by atoms with Crippen LogP contribution in [0, 0.1) is 17.0 Å². The van der Waals surface area contributed by atoms with Crippen molar-refractivity contribution in [1.82, 2.24) is 4.90 Å². The van der Waals surface area contributed by atoms with E-state index in [-0.39, 0.29) is 11.6 Å². The molecule has 0 spiro atoms. The summed E-state index contributed by atoms with van der Waals surface area (Å²) in [5, 5.41) is 10.9. The maximum atomic E-state index is 12.1. The molecule has 0 aromatic heterocycles. The number of nitro benzene ring substituents is 1. The molecule has 1 atom stereocenters. The summed E-state index contributed by atoms with van der Waals surface area (Å²) in [5.41, 5.74) is 0.883. The van der Waals surface area contributed by atoms with Crippen molar-refractivity contribution in [2.75, 3.05) is 13.6 Å². The van der Waals surface area contributed by atoms with Crippen LogP contribution in [0.3, 0.4) is 0 Å². The number of benzene rings is 1. The van der Waals surface area contributed by atoms with E-state index >= 15 is 0 Å². The van der Waals surface area contributed by atoms with E-state index in [1.54, 1.807) is 31.0 Å². The van der Waals surface area contributed by atoms with Gasteiger partial charge in [-0.1, -0.05) is 28.9 Å². The van der Waals surface area contributed by atoms with Crippen molar-refractivity contribution in [3.05, 3.63) is 39.4 Å². The highest BCUT2D eigenvalue weighted by molar-refractivity contribution is 9.09. The van der Waals surface area contributed by atoms with Crippen LogP contribution >= 0.6 is 15.9 Å². The molecule has 1 rings (SSSR count). The van der Waals surface area contributed by atoms with E-state index in [1.807, 2.05) is 6.92 Å². The van der Waals surface area contributed by atoms with Crippen molar-refractivity contribution in [3.63, 3.8) is 0 Å². The molecule has 0 aliphatic rings. The van der Waals surface area contributed by atoms with Crippen molar-refractivity contribution in [2.24, 2.45) is 0 Å². The second kappa shape index (κ2) is 6.65. The topological polar surface area (TPSA) is 63.5 Å². The Hall–Kier alpha value is -1.43. The zero-order chi connectivity index (χ0) is 14.6. The van der Waals surface area contributed by atoms with Gasteiger partial charge in [0.25, 0.3) is 11.6 Å². The Labute approximate surface area is 120 Å². The molecule has 0 saturated carbocycles. The van der Waals surface area contributed by atoms with E-state index in [1.165, 1.54) is 6.07 Å². The normalized spacial score (nSPS) is 12.0. The van der Waals surface area contributed by atoms with Crippen LogP contribution in [0.4, 0.5) is 5.69 Å². The van der Waals surface area contributed by atoms with Crippen LogP contribution in [0.25, 0.3) is 0 Å². The molecule has 0 bridgehead atoms. The average molecular weight is 329 g/mol. The molecule has 0 aliphatic carbocycles. The maximum Gasteiger partial charge on any atom is 0.273 e. The number of carbonyl (C=O) groups is 1. The number of nitrogens with zero attached hydrogens (tertiary/aromatic N) is 2. The summed E-state index contributed by atoms with van der Waals surface area (Å²) in [6, 6.07) is 4.57. The number of nitro groups is 1. The van der Waals surface area contributed by atoms with Crippen LogP contribution in [0.15, 0.2) is 18.2 Å². The summed E-state index contributed by atoms with van der Waals surface area (Å²) in [5.74, 6) is -0.198. The van der Waals surface area contributed by atoms with Gasteiger partial charge in [0.2, 0.25) is 0 Å². The minimum absolute atomic E-state index is 0.0203. The van der Waals surface area contributed by atoms with Crippen LogP contribution in [0.2, 0.25) is 0 Å². The van der Waals surface area contributed by atoms with Crippen molar-refractivity contribution < 1.29 is 9.72 Å². The molecular weight excluding hydrogens is 312 g/mol. The highest BCUT2D eigenvalue weighted by atomic mass is 79.9. The molecular formula is C13H17BrN2O3. The van der Waals surface area contributed by atoms with Gasteiger partial charge in [0.15, 0.2) is 0 Å². The number of aryl methyl sites for hydroxylation is 1. The predicted octanol–water partition coefficient (Wildman–Crippen LogP) is 3.15. The first-order valence-electron chi connectivity index (χ1n) is 5.97. The number of alkyl halides is 1. The van der Waals surface area contributed by atoms with E-state index < -0.39 is 4.92 Å².